The Morgan fingerprint density at radius 3 is 2.14 bits per heavy atom. The lowest BCUT2D eigenvalue weighted by molar-refractivity contribution is -0.140. The first kappa shape index (κ1) is 25.6. The van der Waals surface area contributed by atoms with E-state index in [9.17, 15) is 9.59 Å². The Morgan fingerprint density at radius 2 is 1.62 bits per heavy atom. The highest BCUT2D eigenvalue weighted by atomic mass is 32.2. The number of thioether (sulfide) groups is 1. The van der Waals surface area contributed by atoms with Gasteiger partial charge in [0, 0.05) is 11.3 Å². The minimum atomic E-state index is -2.42. The molecule has 0 amide bonds. The minimum Gasteiger partial charge on any atom is -0.459 e. The van der Waals surface area contributed by atoms with Crippen molar-refractivity contribution < 1.29 is 28.1 Å². The van der Waals surface area contributed by atoms with E-state index in [1.54, 1.807) is 19.1 Å². The number of carbonyl (C=O) groups excluding carboxylic acids is 2. The van der Waals surface area contributed by atoms with Crippen molar-refractivity contribution in [3.8, 4) is 0 Å². The first-order chi connectivity index (χ1) is 13.7. The van der Waals surface area contributed by atoms with E-state index in [1.165, 1.54) is 11.8 Å². The van der Waals surface area contributed by atoms with Crippen LogP contribution in [0.25, 0.3) is 0 Å². The van der Waals surface area contributed by atoms with E-state index in [4.69, 9.17) is 30.7 Å². The molecular weight excluding hydrogens is 431 g/mol. The topological polar surface area (TPSA) is 71.1 Å². The van der Waals surface area contributed by atoms with E-state index in [0.717, 1.165) is 5.56 Å². The predicted octanol–water partition coefficient (Wildman–Crippen LogP) is 4.83. The van der Waals surface area contributed by atoms with Gasteiger partial charge in [-0.05, 0) is 44.8 Å². The van der Waals surface area contributed by atoms with Gasteiger partial charge in [-0.3, -0.25) is 0 Å². The highest BCUT2D eigenvalue weighted by Crippen LogP contribution is 2.53. The summed E-state index contributed by atoms with van der Waals surface area (Å²) in [6, 6.07) is 7.02. The molecule has 0 fully saturated rings. The van der Waals surface area contributed by atoms with Crippen LogP contribution >= 0.6 is 31.3 Å². The van der Waals surface area contributed by atoms with Crippen molar-refractivity contribution in [2.24, 2.45) is 0 Å². The molecular formula is C20H27O6PS2. The average molecular weight is 459 g/mol. The second-order valence-corrected chi connectivity index (χ2v) is 10.4. The van der Waals surface area contributed by atoms with E-state index < -0.39 is 19.3 Å². The van der Waals surface area contributed by atoms with Crippen molar-refractivity contribution in [2.75, 3.05) is 26.4 Å². The zero-order valence-electron chi connectivity index (χ0n) is 17.0. The Morgan fingerprint density at radius 1 is 1.07 bits per heavy atom. The zero-order valence-corrected chi connectivity index (χ0v) is 19.5. The summed E-state index contributed by atoms with van der Waals surface area (Å²) in [6.07, 6.45) is 4.06. The van der Waals surface area contributed by atoms with E-state index >= 15 is 0 Å². The number of esters is 2. The molecule has 1 aromatic carbocycles. The minimum absolute atomic E-state index is 0.0147. The van der Waals surface area contributed by atoms with Crippen LogP contribution in [0.2, 0.25) is 0 Å². The van der Waals surface area contributed by atoms with Gasteiger partial charge in [0.25, 0.3) is 0 Å². The van der Waals surface area contributed by atoms with Crippen LogP contribution in [0.3, 0.4) is 0 Å². The van der Waals surface area contributed by atoms with Crippen molar-refractivity contribution in [2.45, 2.75) is 26.5 Å². The fourth-order valence-corrected chi connectivity index (χ4v) is 5.41. The lowest BCUT2D eigenvalue weighted by Crippen LogP contribution is -2.14. The molecule has 0 heterocycles. The van der Waals surface area contributed by atoms with Gasteiger partial charge in [-0.15, -0.1) is 11.8 Å². The van der Waals surface area contributed by atoms with Crippen LogP contribution in [0, 0.1) is 0 Å². The van der Waals surface area contributed by atoms with Crippen LogP contribution in [-0.4, -0.2) is 48.6 Å². The van der Waals surface area contributed by atoms with E-state index in [-0.39, 0.29) is 13.2 Å². The maximum atomic E-state index is 12.0. The van der Waals surface area contributed by atoms with Gasteiger partial charge in [0.15, 0.2) is 7.34 Å². The van der Waals surface area contributed by atoms with Gasteiger partial charge in [0.1, 0.15) is 17.2 Å². The van der Waals surface area contributed by atoms with E-state index in [0.29, 0.717) is 34.0 Å². The van der Waals surface area contributed by atoms with Gasteiger partial charge in [-0.1, -0.05) is 30.9 Å². The van der Waals surface area contributed by atoms with Gasteiger partial charge in [-0.25, -0.2) is 9.59 Å². The fourth-order valence-electron chi connectivity index (χ4n) is 2.02. The number of benzene rings is 1. The molecule has 0 atom stereocenters. The number of hydrogen-bond donors (Lipinski definition) is 0. The van der Waals surface area contributed by atoms with Crippen molar-refractivity contribution in [1.82, 2.24) is 0 Å². The van der Waals surface area contributed by atoms with Crippen molar-refractivity contribution in [3.63, 3.8) is 0 Å². The molecule has 1 aromatic rings. The molecule has 0 radical (unpaired) electrons. The Bertz CT molecular complexity index is 766. The standard InChI is InChI=1S/C20H27O6PS2/c1-6-25-27(5,26-7-2)20(28)29-14-16-8-10-17(11-9-16)19(22)24-13-12-23-18(21)15(3)4/h8-11H,3,5-7,12-14H2,1-2,4H3. The highest BCUT2D eigenvalue weighted by molar-refractivity contribution is 8.36. The van der Waals surface area contributed by atoms with Crippen molar-refractivity contribution in [3.05, 3.63) is 47.5 Å². The summed E-state index contributed by atoms with van der Waals surface area (Å²) in [6.45, 7) is 9.73. The van der Waals surface area contributed by atoms with Gasteiger partial charge in [0.2, 0.25) is 0 Å². The molecule has 0 aliphatic rings. The second-order valence-electron chi connectivity index (χ2n) is 5.81. The van der Waals surface area contributed by atoms with Crippen molar-refractivity contribution in [1.29, 1.82) is 0 Å². The van der Waals surface area contributed by atoms with Crippen LogP contribution in [0.4, 0.5) is 0 Å². The Labute approximate surface area is 182 Å². The summed E-state index contributed by atoms with van der Waals surface area (Å²) in [7, 11) is -2.42. The maximum absolute atomic E-state index is 12.0. The normalized spacial score (nSPS) is 11.0. The second kappa shape index (κ2) is 13.0. The largest absolute Gasteiger partial charge is 0.459 e. The highest BCUT2D eigenvalue weighted by Gasteiger charge is 2.22. The number of carbonyl (C=O) groups is 2. The summed E-state index contributed by atoms with van der Waals surface area (Å²) in [5.74, 6) is -0.382. The number of ether oxygens (including phenoxy) is 2. The van der Waals surface area contributed by atoms with Gasteiger partial charge in [-0.2, -0.15) is 0 Å². The molecule has 160 valence electrons. The van der Waals surface area contributed by atoms with Gasteiger partial charge in [0.05, 0.1) is 18.8 Å². The van der Waals surface area contributed by atoms with Crippen LogP contribution in [0.15, 0.2) is 36.4 Å². The summed E-state index contributed by atoms with van der Waals surface area (Å²) >= 11 is 6.91. The number of rotatable bonds is 12. The third-order valence-corrected chi connectivity index (χ3v) is 8.44. The molecule has 0 spiro atoms. The molecule has 0 aromatic heterocycles. The molecule has 0 unspecified atom stereocenters. The summed E-state index contributed by atoms with van der Waals surface area (Å²) in [4.78, 5) is 23.3. The van der Waals surface area contributed by atoms with E-state index in [1.807, 2.05) is 26.0 Å². The van der Waals surface area contributed by atoms with Crippen LogP contribution in [0.1, 0.15) is 36.7 Å². The maximum Gasteiger partial charge on any atom is 0.338 e. The number of hydrogen-bond acceptors (Lipinski definition) is 8. The molecule has 0 saturated heterocycles. The molecule has 29 heavy (non-hydrogen) atoms. The molecule has 0 N–H and O–H groups in total. The van der Waals surface area contributed by atoms with E-state index in [2.05, 4.69) is 12.9 Å². The monoisotopic (exact) mass is 458 g/mol. The first-order valence-electron chi connectivity index (χ1n) is 9.02. The summed E-state index contributed by atoms with van der Waals surface area (Å²) in [5.41, 5.74) is 1.70. The third-order valence-electron chi connectivity index (χ3n) is 3.40. The zero-order chi connectivity index (χ0) is 21.9. The SMILES string of the molecule is C=C(C)C(=O)OCCOC(=O)c1ccc(CSC(=S)P(=C)(OCC)OCC)cc1. The molecule has 1 rings (SSSR count). The van der Waals surface area contributed by atoms with Gasteiger partial charge >= 0.3 is 11.9 Å². The fraction of sp³-hybridized carbons (Fsp3) is 0.400. The Hall–Kier alpha value is -1.44. The summed E-state index contributed by atoms with van der Waals surface area (Å²) in [5, 5.41) is 0. The number of thiocarbonyl (C=S) groups is 1. The first-order valence-corrected chi connectivity index (χ1v) is 12.2. The van der Waals surface area contributed by atoms with Crippen LogP contribution < -0.4 is 0 Å². The molecule has 0 saturated carbocycles. The quantitative estimate of drug-likeness (QED) is 0.145. The van der Waals surface area contributed by atoms with Gasteiger partial charge < -0.3 is 18.5 Å². The molecule has 0 bridgehead atoms. The van der Waals surface area contributed by atoms with Crippen molar-refractivity contribution >= 4 is 53.5 Å². The lowest BCUT2D eigenvalue weighted by Gasteiger charge is -2.23. The lowest BCUT2D eigenvalue weighted by atomic mass is 10.1. The molecule has 0 aliphatic heterocycles. The Kier molecular flexibility index (Phi) is 11.5. The molecule has 6 nitrogen and oxygen atoms in total. The third kappa shape index (κ3) is 8.84. The predicted molar refractivity (Wildman–Crippen MR) is 124 cm³/mol. The Balaban J connectivity index is 2.51. The molecule has 9 heteroatoms. The summed E-state index contributed by atoms with van der Waals surface area (Å²) < 4.78 is 21.9. The smallest absolute Gasteiger partial charge is 0.338 e. The van der Waals surface area contributed by atoms with Crippen LogP contribution in [0.5, 0.6) is 0 Å². The average Bonchev–Trinajstić information content (AvgIpc) is 2.69. The van der Waals surface area contributed by atoms with Crippen LogP contribution in [-0.2, 0) is 29.1 Å². The molecule has 0 aliphatic carbocycles.